The highest BCUT2D eigenvalue weighted by atomic mass is 32.1. The number of hydrogen-bond acceptors (Lipinski definition) is 7. The van der Waals surface area contributed by atoms with Gasteiger partial charge in [-0.05, 0) is 30.5 Å². The van der Waals surface area contributed by atoms with Crippen LogP contribution in [0.3, 0.4) is 0 Å². The molecule has 1 N–H and O–H groups in total. The summed E-state index contributed by atoms with van der Waals surface area (Å²) in [6.45, 7) is 2.41. The molecule has 1 atom stereocenters. The van der Waals surface area contributed by atoms with E-state index in [0.29, 0.717) is 35.3 Å². The van der Waals surface area contributed by atoms with Gasteiger partial charge in [-0.2, -0.15) is 0 Å². The molecule has 1 unspecified atom stereocenters. The monoisotopic (exact) mass is 389 g/mol. The lowest BCUT2D eigenvalue weighted by atomic mass is 10.2. The highest BCUT2D eigenvalue weighted by Crippen LogP contribution is 2.32. The van der Waals surface area contributed by atoms with E-state index in [1.54, 1.807) is 35.7 Å². The Kier molecular flexibility index (Phi) is 6.08. The highest BCUT2D eigenvalue weighted by molar-refractivity contribution is 7.12. The summed E-state index contributed by atoms with van der Waals surface area (Å²) >= 11 is 1.33. The molecule has 142 valence electrons. The fourth-order valence-corrected chi connectivity index (χ4v) is 3.15. The molecule has 8 heteroatoms. The topological polar surface area (TPSA) is 90.9 Å². The molecule has 1 aromatic heterocycles. The van der Waals surface area contributed by atoms with Crippen molar-refractivity contribution in [3.63, 3.8) is 0 Å². The van der Waals surface area contributed by atoms with Crippen LogP contribution in [-0.4, -0.2) is 37.0 Å². The van der Waals surface area contributed by atoms with Gasteiger partial charge in [0.15, 0.2) is 23.4 Å². The predicted molar refractivity (Wildman–Crippen MR) is 99.5 cm³/mol. The van der Waals surface area contributed by atoms with E-state index >= 15 is 0 Å². The van der Waals surface area contributed by atoms with Gasteiger partial charge in [-0.25, -0.2) is 0 Å². The van der Waals surface area contributed by atoms with Gasteiger partial charge in [-0.1, -0.05) is 6.07 Å². The van der Waals surface area contributed by atoms with E-state index in [4.69, 9.17) is 14.2 Å². The Morgan fingerprint density at radius 3 is 2.67 bits per heavy atom. The summed E-state index contributed by atoms with van der Waals surface area (Å²) in [4.78, 5) is 36.6. The number of nitrogens with one attached hydrogen (secondary N) is 1. The Balaban J connectivity index is 1.47. The number of rotatable bonds is 7. The lowest BCUT2D eigenvalue weighted by Gasteiger charge is -2.19. The first-order valence-electron chi connectivity index (χ1n) is 8.49. The summed E-state index contributed by atoms with van der Waals surface area (Å²) in [6.07, 6.45) is -1.00. The minimum Gasteiger partial charge on any atom is -0.486 e. The SMILES string of the molecule is CC(OC(=O)CCC(=O)c1cccs1)C(=O)Nc1ccc2c(c1)OCCO2. The number of benzene rings is 1. The van der Waals surface area contributed by atoms with E-state index in [-0.39, 0.29) is 18.6 Å². The van der Waals surface area contributed by atoms with Crippen molar-refractivity contribution in [2.24, 2.45) is 0 Å². The van der Waals surface area contributed by atoms with Gasteiger partial charge in [0.2, 0.25) is 0 Å². The minimum atomic E-state index is -0.984. The maximum Gasteiger partial charge on any atom is 0.307 e. The van der Waals surface area contributed by atoms with E-state index in [0.717, 1.165) is 0 Å². The molecular formula is C19H19NO6S. The van der Waals surface area contributed by atoms with Gasteiger partial charge in [0.25, 0.3) is 5.91 Å². The zero-order valence-electron chi connectivity index (χ0n) is 14.7. The number of carbonyl (C=O) groups excluding carboxylic acids is 3. The number of esters is 1. The fourth-order valence-electron chi connectivity index (χ4n) is 2.45. The second-order valence-corrected chi connectivity index (χ2v) is 6.83. The van der Waals surface area contributed by atoms with Gasteiger partial charge in [0.05, 0.1) is 11.3 Å². The first-order valence-corrected chi connectivity index (χ1v) is 9.37. The van der Waals surface area contributed by atoms with Crippen molar-refractivity contribution >= 4 is 34.7 Å². The molecule has 7 nitrogen and oxygen atoms in total. The van der Waals surface area contributed by atoms with Crippen LogP contribution >= 0.6 is 11.3 Å². The summed E-state index contributed by atoms with van der Waals surface area (Å²) in [5, 5.41) is 4.47. The van der Waals surface area contributed by atoms with Gasteiger partial charge >= 0.3 is 5.97 Å². The van der Waals surface area contributed by atoms with Crippen molar-refractivity contribution < 1.29 is 28.6 Å². The minimum absolute atomic E-state index is 0.0514. The molecule has 0 spiro atoms. The second-order valence-electron chi connectivity index (χ2n) is 5.88. The molecule has 0 fully saturated rings. The quantitative estimate of drug-likeness (QED) is 0.578. The Labute approximate surface area is 160 Å². The van der Waals surface area contributed by atoms with Crippen LogP contribution in [0.25, 0.3) is 0 Å². The third kappa shape index (κ3) is 5.07. The summed E-state index contributed by atoms with van der Waals surface area (Å²) in [6, 6.07) is 8.53. The molecule has 2 heterocycles. The molecule has 0 saturated carbocycles. The van der Waals surface area contributed by atoms with Crippen LogP contribution in [0, 0.1) is 0 Å². The standard InChI is InChI=1S/C19H19NO6S/c1-12(26-18(22)7-5-14(21)17-3-2-10-27-17)19(23)20-13-4-6-15-16(11-13)25-9-8-24-15/h2-4,6,10-12H,5,7-9H2,1H3,(H,20,23). The number of amides is 1. The van der Waals surface area contributed by atoms with Crippen LogP contribution in [0.1, 0.15) is 29.4 Å². The number of ketones is 1. The van der Waals surface area contributed by atoms with E-state index in [1.165, 1.54) is 18.3 Å². The largest absolute Gasteiger partial charge is 0.486 e. The number of anilines is 1. The van der Waals surface area contributed by atoms with E-state index < -0.39 is 18.0 Å². The van der Waals surface area contributed by atoms with Crippen molar-refractivity contribution in [3.05, 3.63) is 40.6 Å². The molecule has 0 aliphatic carbocycles. The molecule has 0 saturated heterocycles. The van der Waals surface area contributed by atoms with Crippen LogP contribution in [0.4, 0.5) is 5.69 Å². The summed E-state index contributed by atoms with van der Waals surface area (Å²) in [5.41, 5.74) is 0.514. The Hall–Kier alpha value is -2.87. The lowest BCUT2D eigenvalue weighted by molar-refractivity contribution is -0.153. The van der Waals surface area contributed by atoms with Crippen molar-refractivity contribution in [2.45, 2.75) is 25.9 Å². The molecule has 0 radical (unpaired) electrons. The first-order chi connectivity index (χ1) is 13.0. The van der Waals surface area contributed by atoms with E-state index in [9.17, 15) is 14.4 Å². The fraction of sp³-hybridized carbons (Fsp3) is 0.316. The van der Waals surface area contributed by atoms with Crippen molar-refractivity contribution in [2.75, 3.05) is 18.5 Å². The number of Topliss-reactive ketones (excluding diaryl/α,β-unsaturated/α-hetero) is 1. The summed E-state index contributed by atoms with van der Waals surface area (Å²) in [7, 11) is 0. The molecule has 1 aliphatic heterocycles. The van der Waals surface area contributed by atoms with Crippen molar-refractivity contribution in [1.29, 1.82) is 0 Å². The van der Waals surface area contributed by atoms with Crippen LogP contribution in [-0.2, 0) is 14.3 Å². The number of ether oxygens (including phenoxy) is 3. The molecule has 3 rings (SSSR count). The van der Waals surface area contributed by atoms with E-state index in [1.807, 2.05) is 0 Å². The molecule has 27 heavy (non-hydrogen) atoms. The molecule has 0 bridgehead atoms. The zero-order chi connectivity index (χ0) is 19.2. The van der Waals surface area contributed by atoms with Crippen LogP contribution in [0.5, 0.6) is 11.5 Å². The third-order valence-electron chi connectivity index (χ3n) is 3.84. The Morgan fingerprint density at radius 1 is 1.15 bits per heavy atom. The first kappa shape index (κ1) is 18.9. The maximum absolute atomic E-state index is 12.2. The van der Waals surface area contributed by atoms with Crippen molar-refractivity contribution in [1.82, 2.24) is 0 Å². The second kappa shape index (κ2) is 8.68. The maximum atomic E-state index is 12.2. The Morgan fingerprint density at radius 2 is 1.93 bits per heavy atom. The number of hydrogen-bond donors (Lipinski definition) is 1. The summed E-state index contributed by atoms with van der Waals surface area (Å²) in [5.74, 6) is -0.00500. The molecule has 1 amide bonds. The predicted octanol–water partition coefficient (Wildman–Crippen LogP) is 3.05. The molecule has 1 aliphatic rings. The highest BCUT2D eigenvalue weighted by Gasteiger charge is 2.20. The number of thiophene rings is 1. The van der Waals surface area contributed by atoms with E-state index in [2.05, 4.69) is 5.32 Å². The zero-order valence-corrected chi connectivity index (χ0v) is 15.5. The Bertz CT molecular complexity index is 833. The van der Waals surface area contributed by atoms with Gasteiger partial charge in [0.1, 0.15) is 13.2 Å². The smallest absolute Gasteiger partial charge is 0.307 e. The van der Waals surface area contributed by atoms with Gasteiger partial charge in [0, 0.05) is 18.2 Å². The number of fused-ring (bicyclic) bond motifs is 1. The molecule has 2 aromatic rings. The van der Waals surface area contributed by atoms with Crippen LogP contribution in [0.2, 0.25) is 0 Å². The van der Waals surface area contributed by atoms with Crippen LogP contribution < -0.4 is 14.8 Å². The van der Waals surface area contributed by atoms with Gasteiger partial charge < -0.3 is 19.5 Å². The average Bonchev–Trinajstić information content (AvgIpc) is 3.21. The number of carbonyl (C=O) groups is 3. The normalized spacial score (nSPS) is 13.5. The molecular weight excluding hydrogens is 370 g/mol. The summed E-state index contributed by atoms with van der Waals surface area (Å²) < 4.78 is 16.0. The van der Waals surface area contributed by atoms with Crippen LogP contribution in [0.15, 0.2) is 35.7 Å². The average molecular weight is 389 g/mol. The van der Waals surface area contributed by atoms with Crippen molar-refractivity contribution in [3.8, 4) is 11.5 Å². The lowest BCUT2D eigenvalue weighted by Crippen LogP contribution is -2.30. The molecule has 1 aromatic carbocycles. The third-order valence-corrected chi connectivity index (χ3v) is 4.75. The van der Waals surface area contributed by atoms with Gasteiger partial charge in [-0.3, -0.25) is 14.4 Å². The van der Waals surface area contributed by atoms with Gasteiger partial charge in [-0.15, -0.1) is 11.3 Å².